The first-order valence-electron chi connectivity index (χ1n) is 3.56. The van der Waals surface area contributed by atoms with Crippen molar-refractivity contribution in [3.8, 4) is 0 Å². The van der Waals surface area contributed by atoms with Crippen LogP contribution < -0.4 is 0 Å². The van der Waals surface area contributed by atoms with E-state index in [4.69, 9.17) is 9.84 Å². The van der Waals surface area contributed by atoms with E-state index in [0.717, 1.165) is 6.08 Å². The molecule has 0 rings (SSSR count). The maximum absolute atomic E-state index is 10.7. The molecule has 0 aliphatic carbocycles. The quantitative estimate of drug-likeness (QED) is 0.386. The lowest BCUT2D eigenvalue weighted by Gasteiger charge is -2.03. The fourth-order valence-corrected chi connectivity index (χ4v) is 0.461. The van der Waals surface area contributed by atoms with E-state index in [0.29, 0.717) is 12.5 Å². The van der Waals surface area contributed by atoms with Crippen LogP contribution in [0.2, 0.25) is 0 Å². The van der Waals surface area contributed by atoms with Crippen LogP contribution in [0.25, 0.3) is 0 Å². The van der Waals surface area contributed by atoms with Crippen molar-refractivity contribution < 1.29 is 14.6 Å². The van der Waals surface area contributed by atoms with Crippen molar-refractivity contribution in [2.24, 2.45) is 5.92 Å². The van der Waals surface area contributed by atoms with Crippen LogP contribution in [0.15, 0.2) is 11.8 Å². The third-order valence-corrected chi connectivity index (χ3v) is 0.886. The van der Waals surface area contributed by atoms with Crippen LogP contribution in [0.4, 0.5) is 0 Å². The Labute approximate surface area is 66.7 Å². The molecule has 0 aromatic rings. The average Bonchev–Trinajstić information content (AvgIpc) is 1.82. The van der Waals surface area contributed by atoms with E-state index in [1.165, 1.54) is 6.92 Å². The van der Waals surface area contributed by atoms with Crippen LogP contribution >= 0.6 is 0 Å². The lowest BCUT2D eigenvalue weighted by molar-refractivity contribution is -0.138. The van der Waals surface area contributed by atoms with Crippen LogP contribution in [-0.4, -0.2) is 17.7 Å². The summed E-state index contributed by atoms with van der Waals surface area (Å²) >= 11 is 0. The summed E-state index contributed by atoms with van der Waals surface area (Å²) in [7, 11) is 0. The minimum atomic E-state index is -0.487. The van der Waals surface area contributed by atoms with Crippen molar-refractivity contribution in [1.29, 1.82) is 0 Å². The molecule has 64 valence electrons. The topological polar surface area (TPSA) is 46.5 Å². The summed E-state index contributed by atoms with van der Waals surface area (Å²) in [5, 5.41) is 8.65. The molecule has 0 aliphatic rings. The van der Waals surface area contributed by atoms with Crippen molar-refractivity contribution in [1.82, 2.24) is 0 Å². The lowest BCUT2D eigenvalue weighted by Crippen LogP contribution is -2.07. The number of hydrogen-bond donors (Lipinski definition) is 1. The molecule has 0 atom stereocenters. The number of esters is 1. The summed E-state index contributed by atoms with van der Waals surface area (Å²) < 4.78 is 4.74. The number of carbonyl (C=O) groups is 1. The highest BCUT2D eigenvalue weighted by Crippen LogP contribution is 1.94. The first-order valence-corrected chi connectivity index (χ1v) is 3.56. The highest BCUT2D eigenvalue weighted by Gasteiger charge is 2.00. The number of rotatable bonds is 3. The Morgan fingerprint density at radius 2 is 2.18 bits per heavy atom. The second kappa shape index (κ2) is 4.77. The highest BCUT2D eigenvalue weighted by molar-refractivity contribution is 5.82. The van der Waals surface area contributed by atoms with E-state index >= 15 is 0 Å². The molecule has 3 nitrogen and oxygen atoms in total. The smallest absolute Gasteiger partial charge is 0.334 e. The fraction of sp³-hybridized carbons (Fsp3) is 0.625. The van der Waals surface area contributed by atoms with Gasteiger partial charge in [-0.25, -0.2) is 4.79 Å². The molecular weight excluding hydrogens is 144 g/mol. The van der Waals surface area contributed by atoms with Gasteiger partial charge in [-0.2, -0.15) is 0 Å². The second-order valence-corrected chi connectivity index (χ2v) is 2.81. The molecule has 0 heterocycles. The summed E-state index contributed by atoms with van der Waals surface area (Å²) in [6.45, 7) is 5.71. The van der Waals surface area contributed by atoms with Crippen LogP contribution in [0.1, 0.15) is 20.8 Å². The summed E-state index contributed by atoms with van der Waals surface area (Å²) in [5.41, 5.74) is 0. The van der Waals surface area contributed by atoms with E-state index in [1.54, 1.807) is 0 Å². The first-order chi connectivity index (χ1) is 5.02. The Hall–Kier alpha value is -0.990. The number of hydrogen-bond acceptors (Lipinski definition) is 3. The van der Waals surface area contributed by atoms with Crippen molar-refractivity contribution in [2.75, 3.05) is 6.61 Å². The van der Waals surface area contributed by atoms with Gasteiger partial charge in [0.15, 0.2) is 0 Å². The predicted molar refractivity (Wildman–Crippen MR) is 42.2 cm³/mol. The standard InChI is InChI=1S/C8H14O3/c1-6(2)5-11-8(10)4-7(3)9/h4,6,9H,5H2,1-3H3/b7-4+. The van der Waals surface area contributed by atoms with Crippen LogP contribution in [-0.2, 0) is 9.53 Å². The number of aliphatic hydroxyl groups excluding tert-OH is 1. The van der Waals surface area contributed by atoms with Crippen LogP contribution in [0, 0.1) is 5.92 Å². The van der Waals surface area contributed by atoms with Gasteiger partial charge in [0, 0.05) is 0 Å². The van der Waals surface area contributed by atoms with Gasteiger partial charge in [0.2, 0.25) is 0 Å². The lowest BCUT2D eigenvalue weighted by atomic mass is 10.2. The Bertz CT molecular complexity index is 155. The molecule has 0 saturated carbocycles. The monoisotopic (exact) mass is 158 g/mol. The SMILES string of the molecule is C/C(O)=C\C(=O)OCC(C)C. The molecule has 0 saturated heterocycles. The van der Waals surface area contributed by atoms with E-state index in [9.17, 15) is 4.79 Å². The third-order valence-electron chi connectivity index (χ3n) is 0.886. The van der Waals surface area contributed by atoms with Crippen molar-refractivity contribution in [3.63, 3.8) is 0 Å². The molecule has 1 N–H and O–H groups in total. The van der Waals surface area contributed by atoms with Gasteiger partial charge < -0.3 is 9.84 Å². The molecule has 11 heavy (non-hydrogen) atoms. The number of allylic oxidation sites excluding steroid dienone is 1. The third kappa shape index (κ3) is 6.90. The Balaban J connectivity index is 3.63. The van der Waals surface area contributed by atoms with Gasteiger partial charge in [0.25, 0.3) is 0 Å². The molecule has 0 amide bonds. The molecule has 0 fully saturated rings. The highest BCUT2D eigenvalue weighted by atomic mass is 16.5. The van der Waals surface area contributed by atoms with Crippen LogP contribution in [0.3, 0.4) is 0 Å². The van der Waals surface area contributed by atoms with Gasteiger partial charge in [-0.3, -0.25) is 0 Å². The summed E-state index contributed by atoms with van der Waals surface area (Å²) in [6.07, 6.45) is 1.06. The molecular formula is C8H14O3. The first kappa shape index (κ1) is 10.0. The zero-order chi connectivity index (χ0) is 8.85. The zero-order valence-corrected chi connectivity index (χ0v) is 7.13. The average molecular weight is 158 g/mol. The minimum absolute atomic E-state index is 0.0289. The zero-order valence-electron chi connectivity index (χ0n) is 7.13. The molecule has 0 aromatic carbocycles. The van der Waals surface area contributed by atoms with Gasteiger partial charge >= 0.3 is 5.97 Å². The Morgan fingerprint density at radius 1 is 1.64 bits per heavy atom. The Morgan fingerprint density at radius 3 is 2.55 bits per heavy atom. The van der Waals surface area contributed by atoms with Crippen molar-refractivity contribution in [2.45, 2.75) is 20.8 Å². The van der Waals surface area contributed by atoms with E-state index in [1.807, 2.05) is 13.8 Å². The molecule has 0 unspecified atom stereocenters. The van der Waals surface area contributed by atoms with Gasteiger partial charge in [-0.15, -0.1) is 0 Å². The molecule has 0 aliphatic heterocycles. The predicted octanol–water partition coefficient (Wildman–Crippen LogP) is 1.65. The molecule has 0 radical (unpaired) electrons. The Kier molecular flexibility index (Phi) is 4.34. The number of aliphatic hydroxyl groups is 1. The van der Waals surface area contributed by atoms with E-state index in [2.05, 4.69) is 0 Å². The van der Waals surface area contributed by atoms with Crippen molar-refractivity contribution >= 4 is 5.97 Å². The maximum atomic E-state index is 10.7. The molecule has 0 bridgehead atoms. The molecule has 0 aromatic heterocycles. The largest absolute Gasteiger partial charge is 0.512 e. The van der Waals surface area contributed by atoms with Crippen LogP contribution in [0.5, 0.6) is 0 Å². The number of ether oxygens (including phenoxy) is 1. The normalized spacial score (nSPS) is 11.8. The summed E-state index contributed by atoms with van der Waals surface area (Å²) in [6, 6.07) is 0. The maximum Gasteiger partial charge on any atom is 0.334 e. The van der Waals surface area contributed by atoms with E-state index in [-0.39, 0.29) is 5.76 Å². The second-order valence-electron chi connectivity index (χ2n) is 2.81. The van der Waals surface area contributed by atoms with E-state index < -0.39 is 5.97 Å². The van der Waals surface area contributed by atoms with Gasteiger partial charge in [0.05, 0.1) is 18.4 Å². The molecule has 3 heteroatoms. The summed E-state index contributed by atoms with van der Waals surface area (Å²) in [5.74, 6) is -0.191. The van der Waals surface area contributed by atoms with Gasteiger partial charge in [-0.1, -0.05) is 13.8 Å². The van der Waals surface area contributed by atoms with Gasteiger partial charge in [0.1, 0.15) is 0 Å². The minimum Gasteiger partial charge on any atom is -0.512 e. The van der Waals surface area contributed by atoms with Gasteiger partial charge in [-0.05, 0) is 12.8 Å². The van der Waals surface area contributed by atoms with Crippen molar-refractivity contribution in [3.05, 3.63) is 11.8 Å². The number of carbonyl (C=O) groups excluding carboxylic acids is 1. The fourth-order valence-electron chi connectivity index (χ4n) is 0.461. The molecule has 0 spiro atoms. The summed E-state index contributed by atoms with van der Waals surface area (Å²) in [4.78, 5) is 10.7.